The molecule has 2 aromatic carbocycles. The molecule has 1 heterocycles. The minimum atomic E-state index is -3.61. The number of sulfonamides is 1. The van der Waals surface area contributed by atoms with Crippen molar-refractivity contribution in [2.45, 2.75) is 39.0 Å². The minimum Gasteiger partial charge on any atom is -0.454 e. The van der Waals surface area contributed by atoms with Crippen LogP contribution in [-0.4, -0.2) is 44.2 Å². The lowest BCUT2D eigenvalue weighted by Crippen LogP contribution is -2.42. The van der Waals surface area contributed by atoms with Gasteiger partial charge in [-0.2, -0.15) is 4.31 Å². The molecule has 0 spiro atoms. The molecule has 0 N–H and O–H groups in total. The van der Waals surface area contributed by atoms with E-state index in [1.54, 1.807) is 6.07 Å². The van der Waals surface area contributed by atoms with Gasteiger partial charge in [0.2, 0.25) is 15.8 Å². The second-order valence-corrected chi connectivity index (χ2v) is 10.5. The van der Waals surface area contributed by atoms with E-state index in [2.05, 4.69) is 13.8 Å². The molecule has 6 nitrogen and oxygen atoms in total. The molecule has 0 aromatic heterocycles. The van der Waals surface area contributed by atoms with Gasteiger partial charge in [0.1, 0.15) is 0 Å². The van der Waals surface area contributed by atoms with Crippen LogP contribution in [-0.2, 0) is 14.8 Å². The number of aryl methyl sites for hydroxylation is 2. The monoisotopic (exact) mass is 443 g/mol. The lowest BCUT2D eigenvalue weighted by molar-refractivity contribution is 0.0474. The molecule has 2 atom stereocenters. The van der Waals surface area contributed by atoms with E-state index in [9.17, 15) is 18.0 Å². The topological polar surface area (TPSA) is 80.8 Å². The zero-order chi connectivity index (χ0) is 22.8. The van der Waals surface area contributed by atoms with Crippen molar-refractivity contribution in [1.82, 2.24) is 4.31 Å². The van der Waals surface area contributed by atoms with E-state index in [1.165, 1.54) is 28.6 Å². The first-order chi connectivity index (χ1) is 14.6. The third-order valence-electron chi connectivity index (χ3n) is 5.59. The van der Waals surface area contributed by atoms with Crippen LogP contribution in [0.5, 0.6) is 0 Å². The zero-order valence-electron chi connectivity index (χ0n) is 18.4. The Morgan fingerprint density at radius 3 is 2.23 bits per heavy atom. The molecule has 166 valence electrons. The Hall–Kier alpha value is -2.51. The highest BCUT2D eigenvalue weighted by atomic mass is 32.2. The van der Waals surface area contributed by atoms with Crippen LogP contribution < -0.4 is 0 Å². The molecule has 31 heavy (non-hydrogen) atoms. The van der Waals surface area contributed by atoms with E-state index in [-0.39, 0.29) is 22.8 Å². The van der Waals surface area contributed by atoms with Gasteiger partial charge in [-0.1, -0.05) is 31.5 Å². The summed E-state index contributed by atoms with van der Waals surface area (Å²) in [4.78, 5) is 24.9. The Kier molecular flexibility index (Phi) is 6.96. The lowest BCUT2D eigenvalue weighted by Gasteiger charge is -2.34. The van der Waals surface area contributed by atoms with E-state index < -0.39 is 16.0 Å². The molecule has 0 amide bonds. The molecule has 1 saturated heterocycles. The van der Waals surface area contributed by atoms with Crippen molar-refractivity contribution in [3.63, 3.8) is 0 Å². The molecule has 0 radical (unpaired) electrons. The molecular formula is C24H29NO5S. The molecule has 3 rings (SSSR count). The first-order valence-corrected chi connectivity index (χ1v) is 11.9. The van der Waals surface area contributed by atoms with Crippen molar-refractivity contribution in [3.05, 3.63) is 64.7 Å². The van der Waals surface area contributed by atoms with Gasteiger partial charge < -0.3 is 4.74 Å². The van der Waals surface area contributed by atoms with Gasteiger partial charge in [-0.3, -0.25) is 4.79 Å². The zero-order valence-corrected chi connectivity index (χ0v) is 19.2. The molecule has 0 aliphatic carbocycles. The van der Waals surface area contributed by atoms with E-state index in [0.717, 1.165) is 17.5 Å². The smallest absolute Gasteiger partial charge is 0.338 e. The van der Waals surface area contributed by atoms with E-state index >= 15 is 0 Å². The third kappa shape index (κ3) is 5.40. The quantitative estimate of drug-likeness (QED) is 0.498. The Morgan fingerprint density at radius 2 is 1.61 bits per heavy atom. The van der Waals surface area contributed by atoms with Crippen LogP contribution in [0.25, 0.3) is 0 Å². The molecule has 1 fully saturated rings. The van der Waals surface area contributed by atoms with Gasteiger partial charge in [0.05, 0.1) is 10.5 Å². The highest BCUT2D eigenvalue weighted by molar-refractivity contribution is 7.89. The number of benzene rings is 2. The fraction of sp³-hybridized carbons (Fsp3) is 0.417. The van der Waals surface area contributed by atoms with Gasteiger partial charge in [0.15, 0.2) is 6.61 Å². The largest absolute Gasteiger partial charge is 0.454 e. The minimum absolute atomic E-state index is 0.150. The highest BCUT2D eigenvalue weighted by Crippen LogP contribution is 2.26. The predicted octanol–water partition coefficient (Wildman–Crippen LogP) is 4.01. The van der Waals surface area contributed by atoms with Crippen LogP contribution in [0, 0.1) is 25.7 Å². The summed E-state index contributed by atoms with van der Waals surface area (Å²) in [6, 6.07) is 11.2. The normalized spacial score (nSPS) is 19.7. The van der Waals surface area contributed by atoms with Gasteiger partial charge in [-0.05, 0) is 68.0 Å². The number of hydrogen-bond acceptors (Lipinski definition) is 5. The highest BCUT2D eigenvalue weighted by Gasteiger charge is 2.31. The molecule has 2 unspecified atom stereocenters. The Morgan fingerprint density at radius 1 is 1.00 bits per heavy atom. The summed E-state index contributed by atoms with van der Waals surface area (Å²) >= 11 is 0. The second-order valence-electron chi connectivity index (χ2n) is 8.61. The number of ether oxygens (including phenoxy) is 1. The SMILES string of the molecule is Cc1ccc(C)c(C(=O)COC(=O)c2ccc(S(=O)(=O)N3CC(C)CC(C)C3)cc2)c1. The van der Waals surface area contributed by atoms with E-state index in [1.807, 2.05) is 26.0 Å². The third-order valence-corrected chi connectivity index (χ3v) is 7.44. The fourth-order valence-electron chi connectivity index (χ4n) is 4.04. The number of carbonyl (C=O) groups is 2. The predicted molar refractivity (Wildman–Crippen MR) is 119 cm³/mol. The maximum Gasteiger partial charge on any atom is 0.338 e. The standard InChI is InChI=1S/C24H29NO5S/c1-16-5-6-19(4)22(12-16)23(26)15-30-24(27)20-7-9-21(10-8-20)31(28,29)25-13-17(2)11-18(3)14-25/h5-10,12,17-18H,11,13-15H2,1-4H3. The maximum absolute atomic E-state index is 13.0. The summed E-state index contributed by atoms with van der Waals surface area (Å²) in [6.45, 7) is 8.45. The Bertz CT molecular complexity index is 1070. The van der Waals surface area contributed by atoms with Crippen molar-refractivity contribution < 1.29 is 22.7 Å². The number of Topliss-reactive ketones (excluding diaryl/α,β-unsaturated/α-hetero) is 1. The summed E-state index contributed by atoms with van der Waals surface area (Å²) in [5, 5.41) is 0. The van der Waals surface area contributed by atoms with Crippen LogP contribution in [0.3, 0.4) is 0 Å². The van der Waals surface area contributed by atoms with E-state index in [4.69, 9.17) is 4.74 Å². The van der Waals surface area contributed by atoms with E-state index in [0.29, 0.717) is 30.5 Å². The van der Waals surface area contributed by atoms with Crippen molar-refractivity contribution >= 4 is 21.8 Å². The van der Waals surface area contributed by atoms with Crippen molar-refractivity contribution in [1.29, 1.82) is 0 Å². The van der Waals surface area contributed by atoms with Gasteiger partial charge in [0, 0.05) is 18.7 Å². The summed E-state index contributed by atoms with van der Waals surface area (Å²) in [5.41, 5.74) is 2.50. The molecule has 7 heteroatoms. The van der Waals surface area contributed by atoms with Crippen molar-refractivity contribution in [3.8, 4) is 0 Å². The number of rotatable bonds is 6. The average Bonchev–Trinajstić information content (AvgIpc) is 2.73. The van der Waals surface area contributed by atoms with Crippen molar-refractivity contribution in [2.75, 3.05) is 19.7 Å². The molecule has 0 bridgehead atoms. The van der Waals surface area contributed by atoms with Gasteiger partial charge >= 0.3 is 5.97 Å². The molecule has 1 aliphatic rings. The average molecular weight is 444 g/mol. The molecule has 2 aromatic rings. The number of carbonyl (C=O) groups excluding carboxylic acids is 2. The van der Waals surface area contributed by atoms with Gasteiger partial charge in [-0.15, -0.1) is 0 Å². The van der Waals surface area contributed by atoms with Crippen LogP contribution >= 0.6 is 0 Å². The number of ketones is 1. The van der Waals surface area contributed by atoms with Crippen LogP contribution in [0.2, 0.25) is 0 Å². The first-order valence-electron chi connectivity index (χ1n) is 10.5. The molecule has 0 saturated carbocycles. The summed E-state index contributed by atoms with van der Waals surface area (Å²) in [7, 11) is -3.61. The maximum atomic E-state index is 13.0. The number of nitrogens with zero attached hydrogens (tertiary/aromatic N) is 1. The van der Waals surface area contributed by atoms with Gasteiger partial charge in [0.25, 0.3) is 0 Å². The first kappa shape index (κ1) is 23.2. The summed E-state index contributed by atoms with van der Waals surface area (Å²) in [6.07, 6.45) is 1.01. The van der Waals surface area contributed by atoms with Crippen LogP contribution in [0.4, 0.5) is 0 Å². The number of piperidine rings is 1. The Labute approximate surface area is 184 Å². The van der Waals surface area contributed by atoms with Gasteiger partial charge in [-0.25, -0.2) is 13.2 Å². The van der Waals surface area contributed by atoms with Crippen molar-refractivity contribution in [2.24, 2.45) is 11.8 Å². The number of esters is 1. The lowest BCUT2D eigenvalue weighted by atomic mass is 9.94. The van der Waals surface area contributed by atoms with Crippen LogP contribution in [0.15, 0.2) is 47.4 Å². The molecule has 1 aliphatic heterocycles. The second kappa shape index (κ2) is 9.32. The summed E-state index contributed by atoms with van der Waals surface area (Å²) < 4.78 is 32.6. The number of hydrogen-bond donors (Lipinski definition) is 0. The Balaban J connectivity index is 1.66. The summed E-state index contributed by atoms with van der Waals surface area (Å²) in [5.74, 6) is -0.324. The molecular weight excluding hydrogens is 414 g/mol. The van der Waals surface area contributed by atoms with Crippen LogP contribution in [0.1, 0.15) is 52.1 Å². The fourth-order valence-corrected chi connectivity index (χ4v) is 5.72.